The van der Waals surface area contributed by atoms with Crippen molar-refractivity contribution in [3.05, 3.63) is 18.2 Å². The number of likely N-dealkylation sites (tertiary alicyclic amines) is 1. The van der Waals surface area contributed by atoms with Crippen LogP contribution < -0.4 is 5.32 Å². The third kappa shape index (κ3) is 4.50. The summed E-state index contributed by atoms with van der Waals surface area (Å²) in [6.07, 6.45) is 6.89. The molecule has 5 heterocycles. The number of nitrogens with zero attached hydrogens (tertiary/aromatic N) is 6. The summed E-state index contributed by atoms with van der Waals surface area (Å²) in [5.41, 5.74) is 2.50. The maximum atomic E-state index is 11.1. The van der Waals surface area contributed by atoms with E-state index in [0.717, 1.165) is 67.7 Å². The molecule has 0 bridgehead atoms. The number of amides is 1. The van der Waals surface area contributed by atoms with Gasteiger partial charge in [0.2, 0.25) is 0 Å². The van der Waals surface area contributed by atoms with Crippen LogP contribution in [-0.2, 0) is 17.7 Å². The molecule has 176 valence electrons. The minimum Gasteiger partial charge on any atom is -0.465 e. The second-order valence-electron chi connectivity index (χ2n) is 8.71. The second-order valence-corrected chi connectivity index (χ2v) is 8.71. The highest BCUT2D eigenvalue weighted by Gasteiger charge is 2.26. The number of pyridine rings is 1. The average molecular weight is 456 g/mol. The van der Waals surface area contributed by atoms with Gasteiger partial charge in [0.05, 0.1) is 22.8 Å². The molecule has 2 fully saturated rings. The molecule has 3 aromatic rings. The van der Waals surface area contributed by atoms with Crippen molar-refractivity contribution in [3.63, 3.8) is 0 Å². The molecule has 1 amide bonds. The van der Waals surface area contributed by atoms with E-state index in [1.807, 2.05) is 17.8 Å². The van der Waals surface area contributed by atoms with E-state index in [9.17, 15) is 4.79 Å². The first kappa shape index (κ1) is 21.6. The van der Waals surface area contributed by atoms with Gasteiger partial charge in [-0.2, -0.15) is 10.1 Å². The zero-order valence-corrected chi connectivity index (χ0v) is 18.7. The van der Waals surface area contributed by atoms with E-state index in [2.05, 4.69) is 25.5 Å². The Bertz CT molecular complexity index is 1110. The third-order valence-electron chi connectivity index (χ3n) is 6.59. The van der Waals surface area contributed by atoms with Crippen LogP contribution >= 0.6 is 0 Å². The summed E-state index contributed by atoms with van der Waals surface area (Å²) in [5.74, 6) is 1.41. The minimum atomic E-state index is -0.853. The van der Waals surface area contributed by atoms with Gasteiger partial charge >= 0.3 is 6.09 Å². The number of hydrogen-bond acceptors (Lipinski definition) is 8. The van der Waals surface area contributed by atoms with Gasteiger partial charge in [-0.3, -0.25) is 0 Å². The number of ether oxygens (including phenoxy) is 1. The van der Waals surface area contributed by atoms with E-state index >= 15 is 0 Å². The fourth-order valence-electron chi connectivity index (χ4n) is 4.65. The fourth-order valence-corrected chi connectivity index (χ4v) is 4.65. The van der Waals surface area contributed by atoms with Crippen molar-refractivity contribution in [1.29, 1.82) is 0 Å². The summed E-state index contributed by atoms with van der Waals surface area (Å²) in [4.78, 5) is 21.9. The SMILES string of the molecule is CCn1ncc2c(NC3CCOCC3)c(-c3nc(CC4CCN(C(=O)O)CC4)no3)cnc21. The van der Waals surface area contributed by atoms with Crippen molar-refractivity contribution in [3.8, 4) is 11.5 Å². The summed E-state index contributed by atoms with van der Waals surface area (Å²) >= 11 is 0. The van der Waals surface area contributed by atoms with Gasteiger partial charge in [0.1, 0.15) is 0 Å². The molecule has 0 atom stereocenters. The van der Waals surface area contributed by atoms with Gasteiger partial charge in [0, 0.05) is 51.5 Å². The highest BCUT2D eigenvalue weighted by Crippen LogP contribution is 2.34. The van der Waals surface area contributed by atoms with Crippen molar-refractivity contribution in [2.75, 3.05) is 31.6 Å². The van der Waals surface area contributed by atoms with Crippen molar-refractivity contribution in [1.82, 2.24) is 29.8 Å². The first-order valence-electron chi connectivity index (χ1n) is 11.6. The quantitative estimate of drug-likeness (QED) is 0.575. The van der Waals surface area contributed by atoms with Crippen molar-refractivity contribution < 1.29 is 19.2 Å². The molecule has 33 heavy (non-hydrogen) atoms. The first-order valence-corrected chi connectivity index (χ1v) is 11.6. The molecule has 11 heteroatoms. The first-order chi connectivity index (χ1) is 16.1. The Morgan fingerprint density at radius 1 is 1.21 bits per heavy atom. The normalized spacial score (nSPS) is 18.2. The number of carboxylic acid groups (broad SMARTS) is 1. The van der Waals surface area contributed by atoms with E-state index in [1.54, 1.807) is 6.20 Å². The van der Waals surface area contributed by atoms with Crippen LogP contribution in [0.4, 0.5) is 10.5 Å². The molecular weight excluding hydrogens is 426 g/mol. The molecule has 0 saturated carbocycles. The van der Waals surface area contributed by atoms with Gasteiger partial charge in [-0.25, -0.2) is 14.5 Å². The Hall–Kier alpha value is -3.21. The van der Waals surface area contributed by atoms with Gasteiger partial charge in [-0.15, -0.1) is 0 Å². The van der Waals surface area contributed by atoms with Crippen molar-refractivity contribution in [2.45, 2.75) is 51.6 Å². The summed E-state index contributed by atoms with van der Waals surface area (Å²) < 4.78 is 13.0. The van der Waals surface area contributed by atoms with Crippen LogP contribution in [0.5, 0.6) is 0 Å². The molecule has 2 saturated heterocycles. The van der Waals surface area contributed by atoms with Gasteiger partial charge in [0.25, 0.3) is 5.89 Å². The molecule has 2 N–H and O–H groups in total. The van der Waals surface area contributed by atoms with Crippen molar-refractivity contribution >= 4 is 22.8 Å². The predicted octanol–water partition coefficient (Wildman–Crippen LogP) is 3.02. The van der Waals surface area contributed by atoms with E-state index in [4.69, 9.17) is 14.4 Å². The maximum absolute atomic E-state index is 11.1. The number of carbonyl (C=O) groups is 1. The molecule has 2 aliphatic rings. The lowest BCUT2D eigenvalue weighted by Crippen LogP contribution is -2.37. The number of fused-ring (bicyclic) bond motifs is 1. The average Bonchev–Trinajstić information content (AvgIpc) is 3.47. The number of anilines is 1. The smallest absolute Gasteiger partial charge is 0.407 e. The summed E-state index contributed by atoms with van der Waals surface area (Å²) in [5, 5.41) is 22.4. The molecule has 11 nitrogen and oxygen atoms in total. The lowest BCUT2D eigenvalue weighted by molar-refractivity contribution is 0.0905. The van der Waals surface area contributed by atoms with E-state index in [0.29, 0.717) is 37.1 Å². The molecule has 2 aliphatic heterocycles. The van der Waals surface area contributed by atoms with Gasteiger partial charge < -0.3 is 24.6 Å². The molecular formula is C22H29N7O4. The molecule has 0 spiro atoms. The Balaban J connectivity index is 1.39. The number of piperidine rings is 1. The van der Waals surface area contributed by atoms with Crippen LogP contribution in [0.1, 0.15) is 38.4 Å². The van der Waals surface area contributed by atoms with Crippen LogP contribution in [0.2, 0.25) is 0 Å². The van der Waals surface area contributed by atoms with Crippen LogP contribution in [0.15, 0.2) is 16.9 Å². The Labute approximate surface area is 191 Å². The number of aromatic nitrogens is 5. The van der Waals surface area contributed by atoms with E-state index in [1.165, 1.54) is 4.90 Å². The zero-order valence-electron chi connectivity index (χ0n) is 18.7. The maximum Gasteiger partial charge on any atom is 0.407 e. The number of nitrogens with one attached hydrogen (secondary N) is 1. The third-order valence-corrected chi connectivity index (χ3v) is 6.59. The summed E-state index contributed by atoms with van der Waals surface area (Å²) in [6, 6.07) is 0.287. The second kappa shape index (κ2) is 9.34. The van der Waals surface area contributed by atoms with E-state index < -0.39 is 6.09 Å². The Kier molecular flexibility index (Phi) is 6.12. The standard InChI is InChI=1S/C22H29N7O4/c1-2-29-20-16(13-24-29)19(25-15-5-9-32-10-6-15)17(12-23-20)21-26-18(27-33-21)11-14-3-7-28(8-4-14)22(30)31/h12-15H,2-11H2,1H3,(H,23,25)(H,30,31). The van der Waals surface area contributed by atoms with Gasteiger partial charge in [-0.05, 0) is 38.5 Å². The van der Waals surface area contributed by atoms with Crippen LogP contribution in [0, 0.1) is 5.92 Å². The van der Waals surface area contributed by atoms with Gasteiger partial charge in [-0.1, -0.05) is 5.16 Å². The monoisotopic (exact) mass is 455 g/mol. The topological polar surface area (TPSA) is 131 Å². The van der Waals surface area contributed by atoms with Crippen molar-refractivity contribution in [2.24, 2.45) is 5.92 Å². The number of aryl methyl sites for hydroxylation is 1. The highest BCUT2D eigenvalue weighted by molar-refractivity contribution is 5.96. The molecule has 5 rings (SSSR count). The predicted molar refractivity (Wildman–Crippen MR) is 120 cm³/mol. The molecule has 0 aromatic carbocycles. The molecule has 0 radical (unpaired) electrons. The van der Waals surface area contributed by atoms with Gasteiger partial charge in [0.15, 0.2) is 11.5 Å². The highest BCUT2D eigenvalue weighted by atomic mass is 16.5. The van der Waals surface area contributed by atoms with Crippen LogP contribution in [0.25, 0.3) is 22.5 Å². The number of hydrogen-bond donors (Lipinski definition) is 2. The fraction of sp³-hybridized carbons (Fsp3) is 0.591. The summed E-state index contributed by atoms with van der Waals surface area (Å²) in [6.45, 7) is 5.34. The molecule has 0 unspecified atom stereocenters. The summed E-state index contributed by atoms with van der Waals surface area (Å²) in [7, 11) is 0. The van der Waals surface area contributed by atoms with Crippen LogP contribution in [0.3, 0.4) is 0 Å². The largest absolute Gasteiger partial charge is 0.465 e. The Morgan fingerprint density at radius 2 is 2.00 bits per heavy atom. The Morgan fingerprint density at radius 3 is 2.73 bits per heavy atom. The van der Waals surface area contributed by atoms with Crippen LogP contribution in [-0.4, -0.2) is 73.3 Å². The van der Waals surface area contributed by atoms with E-state index in [-0.39, 0.29) is 6.04 Å². The minimum absolute atomic E-state index is 0.287. The lowest BCUT2D eigenvalue weighted by Gasteiger charge is -2.29. The molecule has 0 aliphatic carbocycles. The number of rotatable bonds is 6. The lowest BCUT2D eigenvalue weighted by atomic mass is 9.93. The molecule has 3 aromatic heterocycles. The zero-order chi connectivity index (χ0) is 22.8.